The summed E-state index contributed by atoms with van der Waals surface area (Å²) in [6.07, 6.45) is 1.44. The molecule has 220 valence electrons. The summed E-state index contributed by atoms with van der Waals surface area (Å²) in [6.45, 7) is 16.4. The van der Waals surface area contributed by atoms with Crippen molar-refractivity contribution in [3.05, 3.63) is 83.7 Å². The van der Waals surface area contributed by atoms with Gasteiger partial charge in [-0.1, -0.05) is 101 Å². The fraction of sp³-hybridized carbons (Fsp3) is 0.441. The van der Waals surface area contributed by atoms with Gasteiger partial charge in [-0.05, 0) is 55.2 Å². The molecule has 0 fully saturated rings. The molecule has 1 heterocycles. The van der Waals surface area contributed by atoms with E-state index in [1.807, 2.05) is 97.0 Å². The molecule has 41 heavy (non-hydrogen) atoms. The molecular formula is C34H43FNO3PS. The highest BCUT2D eigenvalue weighted by atomic mass is 32.2. The summed E-state index contributed by atoms with van der Waals surface area (Å²) < 4.78 is 41.3. The largest absolute Gasteiger partial charge is 0.479 e. The molecule has 3 aromatic rings. The van der Waals surface area contributed by atoms with Crippen LogP contribution < -0.4 is 0 Å². The van der Waals surface area contributed by atoms with Crippen molar-refractivity contribution in [2.24, 2.45) is 4.99 Å². The predicted molar refractivity (Wildman–Crippen MR) is 170 cm³/mol. The van der Waals surface area contributed by atoms with Crippen LogP contribution in [0.5, 0.6) is 0 Å². The number of halogens is 1. The third kappa shape index (κ3) is 7.34. The van der Waals surface area contributed by atoms with Gasteiger partial charge in [0.1, 0.15) is 18.0 Å². The van der Waals surface area contributed by atoms with Crippen LogP contribution in [0.4, 0.5) is 4.39 Å². The van der Waals surface area contributed by atoms with Crippen molar-refractivity contribution < 1.29 is 18.2 Å². The molecule has 1 atom stereocenters. The maximum atomic E-state index is 15.1. The van der Waals surface area contributed by atoms with Crippen molar-refractivity contribution in [1.29, 1.82) is 0 Å². The number of nitrogens with zero attached hydrogens (tertiary/aromatic N) is 1. The zero-order chi connectivity index (χ0) is 30.1. The first-order valence-corrected chi connectivity index (χ1v) is 16.6. The van der Waals surface area contributed by atoms with Gasteiger partial charge < -0.3 is 9.26 Å². The number of aliphatic imine (C=N–C) groups is 1. The molecule has 0 aromatic heterocycles. The van der Waals surface area contributed by atoms with Crippen LogP contribution in [-0.4, -0.2) is 35.0 Å². The third-order valence-electron chi connectivity index (χ3n) is 7.54. The lowest BCUT2D eigenvalue weighted by atomic mass is 9.93. The highest BCUT2D eigenvalue weighted by Crippen LogP contribution is 2.67. The summed E-state index contributed by atoms with van der Waals surface area (Å²) in [5, 5.41) is -0.986. The molecule has 0 saturated carbocycles. The number of benzene rings is 3. The Morgan fingerprint density at radius 1 is 0.951 bits per heavy atom. The first kappa shape index (κ1) is 31.5. The number of aryl methyl sites for hydroxylation is 2. The standard InChI is InChI=1S/C34H43FNO3PS/c1-24-10-9-11-28(20-24)41-29-16-17-30(31(35)21-29)27-14-12-26(13-15-27)18-19-34(22-38-25(2)36-34)23-39-40(37,32(3,4)5)33(6,7)8/h9-17,20-21H,18-19,22-23H2,1-8H3. The Morgan fingerprint density at radius 3 is 2.17 bits per heavy atom. The molecule has 1 aliphatic rings. The minimum Gasteiger partial charge on any atom is -0.479 e. The summed E-state index contributed by atoms with van der Waals surface area (Å²) in [5.41, 5.74) is 3.13. The number of hydrogen-bond donors (Lipinski definition) is 0. The van der Waals surface area contributed by atoms with E-state index in [-0.39, 0.29) is 12.4 Å². The minimum atomic E-state index is -3.03. The lowest BCUT2D eigenvalue weighted by molar-refractivity contribution is 0.158. The highest BCUT2D eigenvalue weighted by Gasteiger charge is 2.49. The summed E-state index contributed by atoms with van der Waals surface area (Å²) in [7, 11) is -3.03. The summed E-state index contributed by atoms with van der Waals surface area (Å²) >= 11 is 1.56. The first-order valence-electron chi connectivity index (χ1n) is 14.2. The minimum absolute atomic E-state index is 0.235. The Labute approximate surface area is 249 Å². The fourth-order valence-corrected chi connectivity index (χ4v) is 9.52. The van der Waals surface area contributed by atoms with E-state index in [0.29, 0.717) is 24.5 Å². The fourth-order valence-electron chi connectivity index (χ4n) is 5.35. The molecule has 1 unspecified atom stereocenters. The van der Waals surface area contributed by atoms with Crippen molar-refractivity contribution in [3.8, 4) is 11.1 Å². The smallest absolute Gasteiger partial charge is 0.213 e. The second-order valence-corrected chi connectivity index (χ2v) is 18.3. The molecule has 4 rings (SSSR count). The van der Waals surface area contributed by atoms with Gasteiger partial charge in [-0.15, -0.1) is 0 Å². The van der Waals surface area contributed by atoms with Crippen LogP contribution in [0.15, 0.2) is 81.5 Å². The van der Waals surface area contributed by atoms with Crippen LogP contribution in [0.2, 0.25) is 0 Å². The predicted octanol–water partition coefficient (Wildman–Crippen LogP) is 9.96. The van der Waals surface area contributed by atoms with Gasteiger partial charge in [0.25, 0.3) is 0 Å². The van der Waals surface area contributed by atoms with E-state index in [4.69, 9.17) is 14.3 Å². The lowest BCUT2D eigenvalue weighted by Gasteiger charge is -2.41. The molecule has 0 spiro atoms. The first-order chi connectivity index (χ1) is 19.1. The van der Waals surface area contributed by atoms with E-state index in [1.165, 1.54) is 5.56 Å². The van der Waals surface area contributed by atoms with Gasteiger partial charge in [0.2, 0.25) is 7.37 Å². The number of hydrogen-bond acceptors (Lipinski definition) is 5. The zero-order valence-electron chi connectivity index (χ0n) is 25.6. The molecule has 0 amide bonds. The van der Waals surface area contributed by atoms with Crippen LogP contribution in [0, 0.1) is 12.7 Å². The maximum absolute atomic E-state index is 15.1. The second kappa shape index (κ2) is 12.1. The van der Waals surface area contributed by atoms with Crippen molar-refractivity contribution in [2.45, 2.75) is 93.9 Å². The van der Waals surface area contributed by atoms with Crippen LogP contribution in [-0.2, 0) is 20.2 Å². The Kier molecular flexibility index (Phi) is 9.28. The Hall–Kier alpha value is -2.40. The Bertz CT molecular complexity index is 1440. The highest BCUT2D eigenvalue weighted by molar-refractivity contribution is 7.99. The quantitative estimate of drug-likeness (QED) is 0.231. The van der Waals surface area contributed by atoms with E-state index in [2.05, 4.69) is 19.1 Å². The molecule has 0 aliphatic carbocycles. The van der Waals surface area contributed by atoms with E-state index >= 15 is 4.39 Å². The molecule has 3 aromatic carbocycles. The van der Waals surface area contributed by atoms with Gasteiger partial charge >= 0.3 is 0 Å². The zero-order valence-corrected chi connectivity index (χ0v) is 27.3. The Balaban J connectivity index is 1.45. The maximum Gasteiger partial charge on any atom is 0.213 e. The van der Waals surface area contributed by atoms with Crippen molar-refractivity contribution in [2.75, 3.05) is 13.2 Å². The summed E-state index contributed by atoms with van der Waals surface area (Å²) in [6, 6.07) is 21.7. The van der Waals surface area contributed by atoms with Gasteiger partial charge in [-0.2, -0.15) is 0 Å². The second-order valence-electron chi connectivity index (χ2n) is 13.1. The summed E-state index contributed by atoms with van der Waals surface area (Å²) in [5.74, 6) is 0.395. The average Bonchev–Trinajstić information content (AvgIpc) is 3.26. The van der Waals surface area contributed by atoms with Gasteiger partial charge in [0, 0.05) is 32.6 Å². The molecule has 1 aliphatic heterocycles. The van der Waals surface area contributed by atoms with Gasteiger partial charge in [0.15, 0.2) is 5.90 Å². The van der Waals surface area contributed by atoms with Crippen LogP contribution >= 0.6 is 19.1 Å². The number of ether oxygens (including phenoxy) is 1. The summed E-state index contributed by atoms with van der Waals surface area (Å²) in [4.78, 5) is 6.79. The van der Waals surface area contributed by atoms with E-state index in [9.17, 15) is 4.57 Å². The van der Waals surface area contributed by atoms with E-state index < -0.39 is 23.2 Å². The third-order valence-corrected chi connectivity index (χ3v) is 12.5. The average molecular weight is 596 g/mol. The number of rotatable bonds is 9. The topological polar surface area (TPSA) is 47.9 Å². The molecular weight excluding hydrogens is 552 g/mol. The van der Waals surface area contributed by atoms with Gasteiger partial charge in [-0.3, -0.25) is 4.57 Å². The van der Waals surface area contributed by atoms with Gasteiger partial charge in [0.05, 0.1) is 6.61 Å². The lowest BCUT2D eigenvalue weighted by Crippen LogP contribution is -2.38. The van der Waals surface area contributed by atoms with Crippen molar-refractivity contribution >= 4 is 25.0 Å². The van der Waals surface area contributed by atoms with E-state index in [0.717, 1.165) is 27.3 Å². The molecule has 0 N–H and O–H groups in total. The van der Waals surface area contributed by atoms with Crippen LogP contribution in [0.3, 0.4) is 0 Å². The Morgan fingerprint density at radius 2 is 1.61 bits per heavy atom. The molecule has 7 heteroatoms. The molecule has 4 nitrogen and oxygen atoms in total. The molecule has 0 radical (unpaired) electrons. The normalized spacial score (nSPS) is 17.8. The molecule has 0 bridgehead atoms. The van der Waals surface area contributed by atoms with Crippen molar-refractivity contribution in [1.82, 2.24) is 0 Å². The SMILES string of the molecule is CC1=NC(CCc2ccc(-c3ccc(Sc4cccc(C)c4)cc3F)cc2)(COP(=O)(C(C)(C)C)C(C)(C)C)CO1. The molecule has 0 saturated heterocycles. The van der Waals surface area contributed by atoms with E-state index in [1.54, 1.807) is 17.8 Å². The van der Waals surface area contributed by atoms with Gasteiger partial charge in [-0.25, -0.2) is 9.38 Å². The monoisotopic (exact) mass is 595 g/mol. The van der Waals surface area contributed by atoms with Crippen LogP contribution in [0.1, 0.15) is 66.0 Å². The van der Waals surface area contributed by atoms with Crippen LogP contribution in [0.25, 0.3) is 11.1 Å². The van der Waals surface area contributed by atoms with Crippen molar-refractivity contribution in [3.63, 3.8) is 0 Å².